The Morgan fingerprint density at radius 1 is 1.18 bits per heavy atom. The summed E-state index contributed by atoms with van der Waals surface area (Å²) < 4.78 is 10.4. The van der Waals surface area contributed by atoms with Crippen molar-refractivity contribution in [3.63, 3.8) is 0 Å². The van der Waals surface area contributed by atoms with Gasteiger partial charge in [0.1, 0.15) is 11.6 Å². The number of carbonyl (C=O) groups excluding carboxylic acids is 2. The quantitative estimate of drug-likeness (QED) is 0.613. The van der Waals surface area contributed by atoms with E-state index in [1.54, 1.807) is 54.9 Å². The van der Waals surface area contributed by atoms with Gasteiger partial charge in [0.2, 0.25) is 0 Å². The summed E-state index contributed by atoms with van der Waals surface area (Å²) in [7, 11) is 1.48. The molecule has 2 aromatic carbocycles. The average Bonchev–Trinajstić information content (AvgIpc) is 3.23. The molecule has 0 radical (unpaired) electrons. The van der Waals surface area contributed by atoms with Gasteiger partial charge in [0.15, 0.2) is 6.10 Å². The van der Waals surface area contributed by atoms with E-state index in [1.807, 2.05) is 0 Å². The van der Waals surface area contributed by atoms with E-state index in [4.69, 9.17) is 21.1 Å². The van der Waals surface area contributed by atoms with E-state index in [2.05, 4.69) is 15.3 Å². The molecule has 0 aliphatic rings. The first-order valence-corrected chi connectivity index (χ1v) is 8.81. The zero-order valence-electron chi connectivity index (χ0n) is 15.2. The summed E-state index contributed by atoms with van der Waals surface area (Å²) in [5.74, 6) is 0.0424. The predicted molar refractivity (Wildman–Crippen MR) is 106 cm³/mol. The Labute approximate surface area is 166 Å². The first-order chi connectivity index (χ1) is 13.5. The van der Waals surface area contributed by atoms with Crippen LogP contribution in [-0.4, -0.2) is 35.1 Å². The molecule has 0 bridgehead atoms. The number of H-pyrrole nitrogens is 1. The number of aromatic nitrogens is 2. The summed E-state index contributed by atoms with van der Waals surface area (Å²) in [6.07, 6.45) is 2.35. The number of nitrogens with zero attached hydrogens (tertiary/aromatic N) is 1. The summed E-state index contributed by atoms with van der Waals surface area (Å²) in [6.45, 7) is 1.49. The van der Waals surface area contributed by atoms with E-state index in [1.165, 1.54) is 14.0 Å². The molecular weight excluding hydrogens is 382 g/mol. The lowest BCUT2D eigenvalue weighted by atomic mass is 10.1. The van der Waals surface area contributed by atoms with Gasteiger partial charge in [-0.3, -0.25) is 4.79 Å². The van der Waals surface area contributed by atoms with E-state index in [-0.39, 0.29) is 0 Å². The number of esters is 1. The molecule has 0 aliphatic heterocycles. The molecule has 1 unspecified atom stereocenters. The molecule has 7 nitrogen and oxygen atoms in total. The normalized spacial score (nSPS) is 11.5. The van der Waals surface area contributed by atoms with E-state index in [9.17, 15) is 9.59 Å². The fraction of sp³-hybridized carbons (Fsp3) is 0.150. The predicted octanol–water partition coefficient (Wildman–Crippen LogP) is 3.92. The monoisotopic (exact) mass is 399 g/mol. The van der Waals surface area contributed by atoms with Gasteiger partial charge in [0.05, 0.1) is 18.4 Å². The first kappa shape index (κ1) is 19.4. The van der Waals surface area contributed by atoms with Gasteiger partial charge in [-0.1, -0.05) is 23.7 Å². The summed E-state index contributed by atoms with van der Waals surface area (Å²) in [4.78, 5) is 31.8. The number of anilines is 1. The number of carbonyl (C=O) groups is 2. The number of benzene rings is 2. The number of rotatable bonds is 6. The Morgan fingerprint density at radius 2 is 1.93 bits per heavy atom. The highest BCUT2D eigenvalue weighted by atomic mass is 35.5. The molecule has 1 aromatic heterocycles. The molecule has 0 saturated carbocycles. The van der Waals surface area contributed by atoms with Crippen molar-refractivity contribution >= 4 is 29.2 Å². The van der Waals surface area contributed by atoms with Crippen LogP contribution < -0.4 is 10.1 Å². The van der Waals surface area contributed by atoms with Crippen LogP contribution in [0.1, 0.15) is 17.3 Å². The zero-order valence-corrected chi connectivity index (χ0v) is 16.0. The maximum Gasteiger partial charge on any atom is 0.338 e. The summed E-state index contributed by atoms with van der Waals surface area (Å²) >= 11 is 5.95. The highest BCUT2D eigenvalue weighted by Crippen LogP contribution is 2.28. The minimum absolute atomic E-state index is 0.329. The SMILES string of the molecule is COc1ccc(Cl)cc1NC(=O)C(C)OC(=O)c1ccc(-c2ncc[nH]2)cc1. The highest BCUT2D eigenvalue weighted by Gasteiger charge is 2.20. The van der Waals surface area contributed by atoms with Crippen LogP contribution in [0.4, 0.5) is 5.69 Å². The van der Waals surface area contributed by atoms with Crippen molar-refractivity contribution < 1.29 is 19.1 Å². The van der Waals surface area contributed by atoms with Gasteiger partial charge in [-0.2, -0.15) is 0 Å². The molecule has 1 atom stereocenters. The van der Waals surface area contributed by atoms with Gasteiger partial charge in [0.25, 0.3) is 5.91 Å². The minimum atomic E-state index is -1.01. The second-order valence-electron chi connectivity index (χ2n) is 5.90. The summed E-state index contributed by atoms with van der Waals surface area (Å²) in [5, 5.41) is 3.09. The molecule has 144 valence electrons. The van der Waals surface area contributed by atoms with Gasteiger partial charge in [-0.25, -0.2) is 9.78 Å². The molecule has 3 rings (SSSR count). The number of halogens is 1. The van der Waals surface area contributed by atoms with Gasteiger partial charge in [0, 0.05) is 23.0 Å². The van der Waals surface area contributed by atoms with E-state index in [0.29, 0.717) is 27.8 Å². The van der Waals surface area contributed by atoms with Crippen molar-refractivity contribution in [2.75, 3.05) is 12.4 Å². The molecule has 28 heavy (non-hydrogen) atoms. The third-order valence-corrected chi connectivity index (χ3v) is 4.20. The molecule has 8 heteroatoms. The van der Waals surface area contributed by atoms with Crippen molar-refractivity contribution in [3.05, 3.63) is 65.4 Å². The number of ether oxygens (including phenoxy) is 2. The topological polar surface area (TPSA) is 93.3 Å². The number of hydrogen-bond acceptors (Lipinski definition) is 5. The number of aromatic amines is 1. The molecule has 3 aromatic rings. The van der Waals surface area contributed by atoms with Crippen molar-refractivity contribution in [1.29, 1.82) is 0 Å². The van der Waals surface area contributed by atoms with E-state index >= 15 is 0 Å². The van der Waals surface area contributed by atoms with Crippen molar-refractivity contribution in [2.45, 2.75) is 13.0 Å². The van der Waals surface area contributed by atoms with Crippen molar-refractivity contribution in [3.8, 4) is 17.1 Å². The Kier molecular flexibility index (Phi) is 5.96. The molecule has 1 amide bonds. The minimum Gasteiger partial charge on any atom is -0.495 e. The van der Waals surface area contributed by atoms with Crippen molar-refractivity contribution in [1.82, 2.24) is 9.97 Å². The lowest BCUT2D eigenvalue weighted by molar-refractivity contribution is -0.123. The van der Waals surface area contributed by atoms with Crippen LogP contribution >= 0.6 is 11.6 Å². The maximum absolute atomic E-state index is 12.4. The van der Waals surface area contributed by atoms with Gasteiger partial charge >= 0.3 is 5.97 Å². The van der Waals surface area contributed by atoms with Crippen LogP contribution in [0, 0.1) is 0 Å². The van der Waals surface area contributed by atoms with Crippen LogP contribution in [0.2, 0.25) is 5.02 Å². The molecule has 0 aliphatic carbocycles. The van der Waals surface area contributed by atoms with Crippen LogP contribution in [0.3, 0.4) is 0 Å². The lowest BCUT2D eigenvalue weighted by Gasteiger charge is -2.15. The van der Waals surface area contributed by atoms with Crippen LogP contribution in [0.15, 0.2) is 54.9 Å². The molecule has 0 spiro atoms. The molecular formula is C20H18ClN3O4. The Hall–Kier alpha value is -3.32. The number of methoxy groups -OCH3 is 1. The second-order valence-corrected chi connectivity index (χ2v) is 6.33. The van der Waals surface area contributed by atoms with Crippen molar-refractivity contribution in [2.24, 2.45) is 0 Å². The molecule has 0 fully saturated rings. The fourth-order valence-electron chi connectivity index (χ4n) is 2.48. The van der Waals surface area contributed by atoms with Crippen LogP contribution in [-0.2, 0) is 9.53 Å². The zero-order chi connectivity index (χ0) is 20.1. The Bertz CT molecular complexity index is 972. The number of nitrogens with one attached hydrogen (secondary N) is 2. The molecule has 0 saturated heterocycles. The standard InChI is InChI=1S/C20H18ClN3O4/c1-12(19(25)24-16-11-15(21)7-8-17(16)27-2)28-20(26)14-5-3-13(4-6-14)18-22-9-10-23-18/h3-12H,1-2H3,(H,22,23)(H,24,25). The third kappa shape index (κ3) is 4.50. The van der Waals surface area contributed by atoms with Gasteiger partial charge in [-0.05, 0) is 37.3 Å². The highest BCUT2D eigenvalue weighted by molar-refractivity contribution is 6.31. The van der Waals surface area contributed by atoms with Crippen LogP contribution in [0.25, 0.3) is 11.4 Å². The molecule has 1 heterocycles. The fourth-order valence-corrected chi connectivity index (χ4v) is 2.65. The smallest absolute Gasteiger partial charge is 0.338 e. The maximum atomic E-state index is 12.4. The van der Waals surface area contributed by atoms with Gasteiger partial charge in [-0.15, -0.1) is 0 Å². The van der Waals surface area contributed by atoms with Crippen LogP contribution in [0.5, 0.6) is 5.75 Å². The second kappa shape index (κ2) is 8.58. The molecule has 2 N–H and O–H groups in total. The largest absolute Gasteiger partial charge is 0.495 e. The first-order valence-electron chi connectivity index (χ1n) is 8.43. The number of amides is 1. The average molecular weight is 400 g/mol. The number of hydrogen-bond donors (Lipinski definition) is 2. The number of imidazole rings is 1. The Morgan fingerprint density at radius 3 is 2.57 bits per heavy atom. The summed E-state index contributed by atoms with van der Waals surface area (Å²) in [6, 6.07) is 11.6. The third-order valence-electron chi connectivity index (χ3n) is 3.96. The van der Waals surface area contributed by atoms with E-state index in [0.717, 1.165) is 5.56 Å². The van der Waals surface area contributed by atoms with E-state index < -0.39 is 18.0 Å². The summed E-state index contributed by atoms with van der Waals surface area (Å²) in [5.41, 5.74) is 1.56. The Balaban J connectivity index is 1.63. The van der Waals surface area contributed by atoms with Gasteiger partial charge < -0.3 is 19.8 Å². The lowest BCUT2D eigenvalue weighted by Crippen LogP contribution is -2.30.